The van der Waals surface area contributed by atoms with E-state index in [2.05, 4.69) is 5.32 Å². The number of primary amides is 1. The van der Waals surface area contributed by atoms with Gasteiger partial charge in [-0.05, 0) is 35.9 Å². The first-order chi connectivity index (χ1) is 9.47. The number of nitrogens with one attached hydrogen (secondary N) is 1. The molecule has 1 amide bonds. The van der Waals surface area contributed by atoms with Crippen LogP contribution in [0, 0.1) is 5.82 Å². The normalized spacial score (nSPS) is 10.3. The highest BCUT2D eigenvalue weighted by Gasteiger charge is 2.07. The van der Waals surface area contributed by atoms with E-state index in [-0.39, 0.29) is 15.6 Å². The van der Waals surface area contributed by atoms with Crippen molar-refractivity contribution in [1.29, 1.82) is 0 Å². The van der Waals surface area contributed by atoms with Crippen molar-refractivity contribution in [2.45, 2.75) is 6.54 Å². The predicted octanol–water partition coefficient (Wildman–Crippen LogP) is 3.84. The van der Waals surface area contributed by atoms with Crippen molar-refractivity contribution in [2.75, 3.05) is 5.32 Å². The van der Waals surface area contributed by atoms with Crippen LogP contribution in [0.4, 0.5) is 10.1 Å². The highest BCUT2D eigenvalue weighted by Crippen LogP contribution is 2.22. The van der Waals surface area contributed by atoms with Crippen LogP contribution in [0.2, 0.25) is 10.0 Å². The Morgan fingerprint density at radius 2 is 1.90 bits per heavy atom. The van der Waals surface area contributed by atoms with Crippen LogP contribution in [0.3, 0.4) is 0 Å². The van der Waals surface area contributed by atoms with E-state index in [1.807, 2.05) is 0 Å². The molecule has 0 heterocycles. The first-order valence-corrected chi connectivity index (χ1v) is 6.50. The molecular weight excluding hydrogens is 302 g/mol. The van der Waals surface area contributed by atoms with Crippen molar-refractivity contribution in [3.05, 3.63) is 63.4 Å². The molecule has 104 valence electrons. The number of halogens is 3. The summed E-state index contributed by atoms with van der Waals surface area (Å²) < 4.78 is 13.3. The van der Waals surface area contributed by atoms with Gasteiger partial charge in [-0.1, -0.05) is 29.3 Å². The monoisotopic (exact) mass is 312 g/mol. The van der Waals surface area contributed by atoms with Crippen molar-refractivity contribution in [2.24, 2.45) is 5.73 Å². The fraction of sp³-hybridized carbons (Fsp3) is 0.0714. The fourth-order valence-corrected chi connectivity index (χ4v) is 2.07. The lowest BCUT2D eigenvalue weighted by Crippen LogP contribution is -2.11. The minimum atomic E-state index is -0.582. The Kier molecular flexibility index (Phi) is 4.47. The summed E-state index contributed by atoms with van der Waals surface area (Å²) in [7, 11) is 0. The molecule has 6 heteroatoms. The second-order valence-corrected chi connectivity index (χ2v) is 4.98. The fourth-order valence-electron chi connectivity index (χ4n) is 1.68. The molecule has 0 radical (unpaired) electrons. The molecule has 20 heavy (non-hydrogen) atoms. The number of nitrogens with two attached hydrogens (primary N) is 1. The number of hydrogen-bond donors (Lipinski definition) is 2. The maximum Gasteiger partial charge on any atom is 0.250 e. The third-order valence-corrected chi connectivity index (χ3v) is 3.33. The van der Waals surface area contributed by atoms with Crippen LogP contribution in [0.1, 0.15) is 15.9 Å². The van der Waals surface area contributed by atoms with E-state index in [1.165, 1.54) is 18.2 Å². The summed E-state index contributed by atoms with van der Waals surface area (Å²) in [5.74, 6) is -1.05. The average molecular weight is 313 g/mol. The van der Waals surface area contributed by atoms with Gasteiger partial charge in [0.25, 0.3) is 0 Å². The Balaban J connectivity index is 2.09. The standard InChI is InChI=1S/C14H11Cl2FN2O/c15-11-4-1-8(5-13(11)17)7-19-9-2-3-10(14(18)20)12(16)6-9/h1-6,19H,7H2,(H2,18,20). The minimum absolute atomic E-state index is 0.0857. The van der Waals surface area contributed by atoms with Gasteiger partial charge < -0.3 is 11.1 Å². The molecule has 0 aromatic heterocycles. The molecule has 0 saturated heterocycles. The molecule has 0 unspecified atom stereocenters. The van der Waals surface area contributed by atoms with Gasteiger partial charge in [-0.15, -0.1) is 0 Å². The Labute approximate surface area is 125 Å². The Morgan fingerprint density at radius 3 is 2.50 bits per heavy atom. The van der Waals surface area contributed by atoms with Gasteiger partial charge in [-0.2, -0.15) is 0 Å². The minimum Gasteiger partial charge on any atom is -0.381 e. The van der Waals surface area contributed by atoms with Crippen LogP contribution < -0.4 is 11.1 Å². The van der Waals surface area contributed by atoms with E-state index in [4.69, 9.17) is 28.9 Å². The number of hydrogen-bond acceptors (Lipinski definition) is 2. The number of carbonyl (C=O) groups is 1. The van der Waals surface area contributed by atoms with E-state index in [0.717, 1.165) is 5.56 Å². The Hall–Kier alpha value is -1.78. The average Bonchev–Trinajstić information content (AvgIpc) is 2.40. The summed E-state index contributed by atoms with van der Waals surface area (Å²) in [5.41, 5.74) is 6.86. The van der Waals surface area contributed by atoms with Crippen molar-refractivity contribution in [1.82, 2.24) is 0 Å². The van der Waals surface area contributed by atoms with Crippen molar-refractivity contribution in [3.8, 4) is 0 Å². The Bertz CT molecular complexity index is 662. The summed E-state index contributed by atoms with van der Waals surface area (Å²) in [6, 6.07) is 9.38. The molecule has 0 aliphatic rings. The first-order valence-electron chi connectivity index (χ1n) is 5.74. The highest BCUT2D eigenvalue weighted by atomic mass is 35.5. The maximum absolute atomic E-state index is 13.3. The lowest BCUT2D eigenvalue weighted by atomic mass is 10.2. The van der Waals surface area contributed by atoms with Gasteiger partial charge in [-0.25, -0.2) is 4.39 Å². The highest BCUT2D eigenvalue weighted by molar-refractivity contribution is 6.34. The molecule has 0 fully saturated rings. The van der Waals surface area contributed by atoms with Crippen molar-refractivity contribution >= 4 is 34.8 Å². The number of carbonyl (C=O) groups excluding carboxylic acids is 1. The van der Waals surface area contributed by atoms with Crippen LogP contribution in [-0.4, -0.2) is 5.91 Å². The van der Waals surface area contributed by atoms with Crippen LogP contribution in [0.15, 0.2) is 36.4 Å². The van der Waals surface area contributed by atoms with Crippen molar-refractivity contribution in [3.63, 3.8) is 0 Å². The largest absolute Gasteiger partial charge is 0.381 e. The summed E-state index contributed by atoms with van der Waals surface area (Å²) in [6.07, 6.45) is 0. The number of rotatable bonds is 4. The molecule has 0 saturated carbocycles. The van der Waals surface area contributed by atoms with Gasteiger partial charge in [0.05, 0.1) is 15.6 Å². The van der Waals surface area contributed by atoms with Crippen LogP contribution >= 0.6 is 23.2 Å². The van der Waals surface area contributed by atoms with Crippen molar-refractivity contribution < 1.29 is 9.18 Å². The lowest BCUT2D eigenvalue weighted by Gasteiger charge is -2.09. The molecule has 0 bridgehead atoms. The Morgan fingerprint density at radius 1 is 1.15 bits per heavy atom. The topological polar surface area (TPSA) is 55.1 Å². The number of anilines is 1. The summed E-state index contributed by atoms with van der Waals surface area (Å²) in [5, 5.41) is 3.42. The third kappa shape index (κ3) is 3.40. The zero-order valence-electron chi connectivity index (χ0n) is 10.3. The zero-order chi connectivity index (χ0) is 14.7. The van der Waals surface area contributed by atoms with Gasteiger partial charge in [0.15, 0.2) is 0 Å². The molecule has 0 spiro atoms. The van der Waals surface area contributed by atoms with Gasteiger partial charge in [0.2, 0.25) is 5.91 Å². The van der Waals surface area contributed by atoms with E-state index in [9.17, 15) is 9.18 Å². The molecule has 0 aliphatic carbocycles. The second kappa shape index (κ2) is 6.11. The van der Waals surface area contributed by atoms with E-state index in [0.29, 0.717) is 12.2 Å². The SMILES string of the molecule is NC(=O)c1ccc(NCc2ccc(Cl)c(F)c2)cc1Cl. The van der Waals surface area contributed by atoms with Crippen LogP contribution in [0.5, 0.6) is 0 Å². The first kappa shape index (κ1) is 14.6. The third-order valence-electron chi connectivity index (χ3n) is 2.72. The predicted molar refractivity (Wildman–Crippen MR) is 78.7 cm³/mol. The molecule has 2 aromatic carbocycles. The van der Waals surface area contributed by atoms with E-state index < -0.39 is 11.7 Å². The van der Waals surface area contributed by atoms with Gasteiger partial charge >= 0.3 is 0 Å². The lowest BCUT2D eigenvalue weighted by molar-refractivity contribution is 0.100. The molecule has 0 aliphatic heterocycles. The quantitative estimate of drug-likeness (QED) is 0.901. The molecule has 2 aromatic rings. The zero-order valence-corrected chi connectivity index (χ0v) is 11.8. The molecular formula is C14H11Cl2FN2O. The smallest absolute Gasteiger partial charge is 0.250 e. The number of benzene rings is 2. The maximum atomic E-state index is 13.3. The van der Waals surface area contributed by atoms with Crippen LogP contribution in [-0.2, 0) is 6.54 Å². The van der Waals surface area contributed by atoms with Gasteiger partial charge in [0.1, 0.15) is 5.82 Å². The number of amides is 1. The van der Waals surface area contributed by atoms with Crippen LogP contribution in [0.25, 0.3) is 0 Å². The summed E-state index contributed by atoms with van der Waals surface area (Å²) in [6.45, 7) is 0.403. The van der Waals surface area contributed by atoms with Gasteiger partial charge in [-0.3, -0.25) is 4.79 Å². The second-order valence-electron chi connectivity index (χ2n) is 4.16. The molecule has 3 N–H and O–H groups in total. The van der Waals surface area contributed by atoms with Gasteiger partial charge in [0, 0.05) is 12.2 Å². The van der Waals surface area contributed by atoms with E-state index in [1.54, 1.807) is 18.2 Å². The summed E-state index contributed by atoms with van der Waals surface area (Å²) in [4.78, 5) is 11.0. The molecule has 2 rings (SSSR count). The van der Waals surface area contributed by atoms with E-state index >= 15 is 0 Å². The molecule has 0 atom stereocenters. The summed E-state index contributed by atoms with van der Waals surface area (Å²) >= 11 is 11.5. The molecule has 3 nitrogen and oxygen atoms in total.